The van der Waals surface area contributed by atoms with Gasteiger partial charge in [-0.1, -0.05) is 30.3 Å². The van der Waals surface area contributed by atoms with Crippen LogP contribution in [0.4, 0.5) is 0 Å². The number of hydrogen-bond acceptors (Lipinski definition) is 2. The molecule has 0 spiro atoms. The van der Waals surface area contributed by atoms with Crippen LogP contribution in [0.15, 0.2) is 54.7 Å². The molecule has 1 atom stereocenters. The lowest BCUT2D eigenvalue weighted by atomic mass is 10.1. The molecule has 0 aliphatic carbocycles. The fraction of sp³-hybridized carbons (Fsp3) is 0.263. The Balaban J connectivity index is 1.59. The number of aromatic amines is 1. The molecule has 22 heavy (non-hydrogen) atoms. The molecule has 0 fully saturated rings. The summed E-state index contributed by atoms with van der Waals surface area (Å²) in [5.74, 6) is 0.899. The number of fused-ring (bicyclic) bond motifs is 1. The number of H-pyrrole nitrogens is 1. The van der Waals surface area contributed by atoms with Gasteiger partial charge < -0.3 is 15.0 Å². The van der Waals surface area contributed by atoms with E-state index in [9.17, 15) is 0 Å². The Bertz CT molecular complexity index is 731. The Labute approximate surface area is 131 Å². The molecular formula is C19H22N2O. The summed E-state index contributed by atoms with van der Waals surface area (Å²) >= 11 is 0. The minimum Gasteiger partial charge on any atom is -0.497 e. The second kappa shape index (κ2) is 6.67. The van der Waals surface area contributed by atoms with Crippen molar-refractivity contribution in [2.45, 2.75) is 25.9 Å². The number of rotatable bonds is 6. The lowest BCUT2D eigenvalue weighted by Crippen LogP contribution is -2.27. The first-order valence-electron chi connectivity index (χ1n) is 7.67. The standard InChI is InChI=1S/C19H22N2O/c1-14(20-12-15-7-9-17(22-2)10-8-15)11-16-13-21-19-6-4-3-5-18(16)19/h3-10,13-14,20-21H,11-12H2,1-2H3/t14-/m1/s1. The van der Waals surface area contributed by atoms with Crippen LogP contribution in [0.2, 0.25) is 0 Å². The predicted molar refractivity (Wildman–Crippen MR) is 91.3 cm³/mol. The van der Waals surface area contributed by atoms with E-state index >= 15 is 0 Å². The molecule has 3 aromatic rings. The van der Waals surface area contributed by atoms with Gasteiger partial charge in [0.2, 0.25) is 0 Å². The Kier molecular flexibility index (Phi) is 4.45. The van der Waals surface area contributed by atoms with Gasteiger partial charge in [-0.25, -0.2) is 0 Å². The third kappa shape index (κ3) is 3.31. The van der Waals surface area contributed by atoms with E-state index in [4.69, 9.17) is 4.74 Å². The zero-order valence-electron chi connectivity index (χ0n) is 13.1. The summed E-state index contributed by atoms with van der Waals surface area (Å²) in [5, 5.41) is 4.90. The molecule has 0 radical (unpaired) electrons. The fourth-order valence-corrected chi connectivity index (χ4v) is 2.74. The largest absolute Gasteiger partial charge is 0.497 e. The highest BCUT2D eigenvalue weighted by molar-refractivity contribution is 5.83. The maximum absolute atomic E-state index is 5.18. The molecule has 0 unspecified atom stereocenters. The summed E-state index contributed by atoms with van der Waals surface area (Å²) in [4.78, 5) is 3.34. The van der Waals surface area contributed by atoms with Crippen molar-refractivity contribution in [2.24, 2.45) is 0 Å². The average Bonchev–Trinajstić information content (AvgIpc) is 2.97. The van der Waals surface area contributed by atoms with Gasteiger partial charge in [-0.3, -0.25) is 0 Å². The first-order valence-corrected chi connectivity index (χ1v) is 7.67. The predicted octanol–water partition coefficient (Wildman–Crippen LogP) is 3.90. The van der Waals surface area contributed by atoms with E-state index in [1.54, 1.807) is 7.11 Å². The van der Waals surface area contributed by atoms with Gasteiger partial charge >= 0.3 is 0 Å². The van der Waals surface area contributed by atoms with Gasteiger partial charge in [-0.2, -0.15) is 0 Å². The summed E-state index contributed by atoms with van der Waals surface area (Å²) in [6.45, 7) is 3.10. The second-order valence-electron chi connectivity index (χ2n) is 5.69. The second-order valence-corrected chi connectivity index (χ2v) is 5.69. The molecule has 1 aromatic heterocycles. The van der Waals surface area contributed by atoms with Crippen LogP contribution in [0.5, 0.6) is 5.75 Å². The van der Waals surface area contributed by atoms with E-state index in [0.717, 1.165) is 18.7 Å². The maximum Gasteiger partial charge on any atom is 0.118 e. The number of nitrogens with one attached hydrogen (secondary N) is 2. The van der Waals surface area contributed by atoms with E-state index in [1.807, 2.05) is 12.1 Å². The summed E-state index contributed by atoms with van der Waals surface area (Å²) in [6, 6.07) is 17.1. The van der Waals surface area contributed by atoms with Crippen molar-refractivity contribution in [2.75, 3.05) is 7.11 Å². The van der Waals surface area contributed by atoms with E-state index in [0.29, 0.717) is 6.04 Å². The van der Waals surface area contributed by atoms with Crippen LogP contribution in [0.1, 0.15) is 18.1 Å². The summed E-state index contributed by atoms with van der Waals surface area (Å²) in [6.07, 6.45) is 3.14. The lowest BCUT2D eigenvalue weighted by Gasteiger charge is -2.13. The van der Waals surface area contributed by atoms with Crippen LogP contribution in [0, 0.1) is 0 Å². The van der Waals surface area contributed by atoms with Gasteiger partial charge in [-0.15, -0.1) is 0 Å². The topological polar surface area (TPSA) is 37.0 Å². The summed E-state index contributed by atoms with van der Waals surface area (Å²) < 4.78 is 5.18. The zero-order valence-corrected chi connectivity index (χ0v) is 13.1. The molecule has 0 saturated carbocycles. The van der Waals surface area contributed by atoms with Crippen LogP contribution in [0.3, 0.4) is 0 Å². The van der Waals surface area contributed by atoms with Crippen molar-refractivity contribution in [1.82, 2.24) is 10.3 Å². The number of hydrogen-bond donors (Lipinski definition) is 2. The van der Waals surface area contributed by atoms with E-state index in [-0.39, 0.29) is 0 Å². The van der Waals surface area contributed by atoms with Gasteiger partial charge in [0.05, 0.1) is 7.11 Å². The Morgan fingerprint density at radius 3 is 2.64 bits per heavy atom. The number of aromatic nitrogens is 1. The van der Waals surface area contributed by atoms with Crippen molar-refractivity contribution in [3.63, 3.8) is 0 Å². The molecule has 0 amide bonds. The SMILES string of the molecule is COc1ccc(CN[C@H](C)Cc2c[nH]c3ccccc23)cc1. The zero-order chi connectivity index (χ0) is 15.4. The molecule has 0 bridgehead atoms. The monoisotopic (exact) mass is 294 g/mol. The lowest BCUT2D eigenvalue weighted by molar-refractivity contribution is 0.414. The molecule has 2 aromatic carbocycles. The van der Waals surface area contributed by atoms with Crippen LogP contribution >= 0.6 is 0 Å². The van der Waals surface area contributed by atoms with E-state index in [2.05, 4.69) is 59.8 Å². The normalized spacial score (nSPS) is 12.5. The fourth-order valence-electron chi connectivity index (χ4n) is 2.74. The third-order valence-corrected chi connectivity index (χ3v) is 4.01. The van der Waals surface area contributed by atoms with Crippen molar-refractivity contribution in [3.05, 3.63) is 65.9 Å². The molecule has 114 valence electrons. The minimum atomic E-state index is 0.418. The molecule has 1 heterocycles. The molecule has 3 rings (SSSR count). The van der Waals surface area contributed by atoms with Crippen LogP contribution in [0.25, 0.3) is 10.9 Å². The minimum absolute atomic E-state index is 0.418. The molecule has 0 aliphatic heterocycles. The first-order chi connectivity index (χ1) is 10.8. The van der Waals surface area contributed by atoms with Crippen molar-refractivity contribution >= 4 is 10.9 Å². The number of ether oxygens (including phenoxy) is 1. The highest BCUT2D eigenvalue weighted by Gasteiger charge is 2.08. The Hall–Kier alpha value is -2.26. The third-order valence-electron chi connectivity index (χ3n) is 4.01. The molecule has 3 heteroatoms. The van der Waals surface area contributed by atoms with Gasteiger partial charge in [-0.05, 0) is 42.7 Å². The molecule has 2 N–H and O–H groups in total. The van der Waals surface area contributed by atoms with E-state index in [1.165, 1.54) is 22.0 Å². The highest BCUT2D eigenvalue weighted by atomic mass is 16.5. The molecule has 0 aliphatic rings. The number of para-hydroxylation sites is 1. The number of benzene rings is 2. The maximum atomic E-state index is 5.18. The van der Waals surface area contributed by atoms with Crippen LogP contribution < -0.4 is 10.1 Å². The highest BCUT2D eigenvalue weighted by Crippen LogP contribution is 2.19. The van der Waals surface area contributed by atoms with Crippen molar-refractivity contribution < 1.29 is 4.74 Å². The molecular weight excluding hydrogens is 272 g/mol. The van der Waals surface area contributed by atoms with Gasteiger partial charge in [0.1, 0.15) is 5.75 Å². The summed E-state index contributed by atoms with van der Waals surface area (Å²) in [7, 11) is 1.69. The summed E-state index contributed by atoms with van der Waals surface area (Å²) in [5.41, 5.74) is 3.84. The van der Waals surface area contributed by atoms with Gasteiger partial charge in [0, 0.05) is 29.7 Å². The Morgan fingerprint density at radius 2 is 1.86 bits per heavy atom. The van der Waals surface area contributed by atoms with Gasteiger partial charge in [0.25, 0.3) is 0 Å². The molecule has 0 saturated heterocycles. The molecule has 3 nitrogen and oxygen atoms in total. The van der Waals surface area contributed by atoms with Crippen molar-refractivity contribution in [1.29, 1.82) is 0 Å². The Morgan fingerprint density at radius 1 is 1.09 bits per heavy atom. The van der Waals surface area contributed by atoms with E-state index < -0.39 is 0 Å². The first kappa shape index (κ1) is 14.7. The quantitative estimate of drug-likeness (QED) is 0.723. The van der Waals surface area contributed by atoms with Crippen LogP contribution in [-0.4, -0.2) is 18.1 Å². The van der Waals surface area contributed by atoms with Crippen LogP contribution in [-0.2, 0) is 13.0 Å². The van der Waals surface area contributed by atoms with Crippen molar-refractivity contribution in [3.8, 4) is 5.75 Å². The average molecular weight is 294 g/mol. The number of methoxy groups -OCH3 is 1. The smallest absolute Gasteiger partial charge is 0.118 e. The van der Waals surface area contributed by atoms with Gasteiger partial charge in [0.15, 0.2) is 0 Å².